The van der Waals surface area contributed by atoms with Gasteiger partial charge in [0, 0.05) is 29.7 Å². The smallest absolute Gasteiger partial charge is 0.319 e. The summed E-state index contributed by atoms with van der Waals surface area (Å²) in [7, 11) is 1.47. The number of methoxy groups -OCH3 is 1. The van der Waals surface area contributed by atoms with Gasteiger partial charge in [-0.25, -0.2) is 9.37 Å². The highest BCUT2D eigenvalue weighted by Gasteiger charge is 2.52. The van der Waals surface area contributed by atoms with Crippen LogP contribution in [0.5, 0.6) is 17.6 Å². The van der Waals surface area contributed by atoms with Gasteiger partial charge in [0.2, 0.25) is 5.88 Å². The monoisotopic (exact) mass is 438 g/mol. The van der Waals surface area contributed by atoms with Crippen molar-refractivity contribution >= 4 is 0 Å². The van der Waals surface area contributed by atoms with Crippen LogP contribution in [0.1, 0.15) is 19.8 Å². The fourth-order valence-electron chi connectivity index (χ4n) is 4.39. The van der Waals surface area contributed by atoms with Crippen molar-refractivity contribution < 1.29 is 19.0 Å². The highest BCUT2D eigenvalue weighted by atomic mass is 19.1. The second-order valence-corrected chi connectivity index (χ2v) is 8.37. The summed E-state index contributed by atoms with van der Waals surface area (Å²) in [6.07, 6.45) is 1.41. The van der Waals surface area contributed by atoms with Gasteiger partial charge >= 0.3 is 6.01 Å². The van der Waals surface area contributed by atoms with Crippen molar-refractivity contribution in [3.05, 3.63) is 36.7 Å². The van der Waals surface area contributed by atoms with Gasteiger partial charge in [-0.05, 0) is 38.0 Å². The molecule has 0 spiro atoms. The number of rotatable bonds is 5. The maximum absolute atomic E-state index is 14.9. The molecule has 2 aromatic heterocycles. The zero-order chi connectivity index (χ0) is 22.3. The van der Waals surface area contributed by atoms with E-state index in [4.69, 9.17) is 9.47 Å². The van der Waals surface area contributed by atoms with Crippen LogP contribution in [0, 0.1) is 5.92 Å². The molecular weight excluding hydrogens is 415 g/mol. The van der Waals surface area contributed by atoms with Gasteiger partial charge in [-0.15, -0.1) is 10.2 Å². The molecule has 2 N–H and O–H groups in total. The van der Waals surface area contributed by atoms with Gasteiger partial charge in [-0.2, -0.15) is 9.97 Å². The number of phenols is 1. The summed E-state index contributed by atoms with van der Waals surface area (Å²) in [4.78, 5) is 12.1. The normalized spacial score (nSPS) is 26.7. The lowest BCUT2D eigenvalue weighted by atomic mass is 9.70. The molecule has 0 unspecified atom stereocenters. The third-order valence-corrected chi connectivity index (χ3v) is 6.33. The number of halogens is 1. The van der Waals surface area contributed by atoms with E-state index >= 15 is 0 Å². The first kappa shape index (κ1) is 20.5. The molecule has 9 nitrogen and oxygen atoms in total. The molecule has 4 atom stereocenters. The number of nitrogens with zero attached hydrogens (tertiary/aromatic N) is 5. The van der Waals surface area contributed by atoms with Gasteiger partial charge in [-0.3, -0.25) is 0 Å². The van der Waals surface area contributed by atoms with Crippen LogP contribution in [0.25, 0.3) is 22.6 Å². The molecule has 3 fully saturated rings. The summed E-state index contributed by atoms with van der Waals surface area (Å²) in [5.41, 5.74) is 1.00. The Morgan fingerprint density at radius 3 is 2.75 bits per heavy atom. The molecule has 10 heteroatoms. The third-order valence-electron chi connectivity index (χ3n) is 6.33. The van der Waals surface area contributed by atoms with Crippen LogP contribution in [-0.4, -0.2) is 61.7 Å². The predicted octanol–water partition coefficient (Wildman–Crippen LogP) is 2.57. The molecule has 3 aliphatic rings. The number of benzene rings is 1. The highest BCUT2D eigenvalue weighted by molar-refractivity contribution is 5.71. The molecule has 6 rings (SSSR count). The van der Waals surface area contributed by atoms with Crippen LogP contribution in [0.2, 0.25) is 0 Å². The Bertz CT molecular complexity index is 1120. The zero-order valence-electron chi connectivity index (χ0n) is 17.7. The largest absolute Gasteiger partial charge is 0.507 e. The zero-order valence-corrected chi connectivity index (χ0v) is 17.7. The minimum Gasteiger partial charge on any atom is -0.507 e. The topological polar surface area (TPSA) is 115 Å². The van der Waals surface area contributed by atoms with Crippen molar-refractivity contribution in [2.45, 2.75) is 37.6 Å². The predicted molar refractivity (Wildman–Crippen MR) is 113 cm³/mol. The number of alkyl halides is 1. The van der Waals surface area contributed by atoms with Crippen LogP contribution >= 0.6 is 0 Å². The molecular formula is C22H23FN6O3. The van der Waals surface area contributed by atoms with Crippen LogP contribution in [0.15, 0.2) is 36.7 Å². The molecule has 166 valence electrons. The van der Waals surface area contributed by atoms with E-state index < -0.39 is 17.8 Å². The summed E-state index contributed by atoms with van der Waals surface area (Å²) in [5.74, 6) is 0.751. The number of hydrogen-bond donors (Lipinski definition) is 2. The van der Waals surface area contributed by atoms with Gasteiger partial charge < -0.3 is 19.9 Å². The Balaban J connectivity index is 1.34. The minimum absolute atomic E-state index is 0.00254. The average Bonchev–Trinajstić information content (AvgIpc) is 2.82. The SMILES string of the molecule is COc1ncnc(-c2ccc(-c3ccc(O[C@H]4[C@H]5CC[C@](C)(NC5)[C@H]4F)nn3)c(O)c2)n1. The molecule has 3 aromatic rings. The van der Waals surface area contributed by atoms with E-state index in [0.29, 0.717) is 22.6 Å². The standard InChI is InChI=1S/C22H23FN6O3/c1-22-8-7-13(10-26-22)18(19(22)23)32-17-6-5-15(28-29-17)14-4-3-12(9-16(14)30)20-24-11-25-21(27-20)31-2/h3-6,9,11,13,18-19,26,30H,7-8,10H2,1-2H3/t13-,18-,19-,22-/m0/s1. The van der Waals surface area contributed by atoms with E-state index in [0.717, 1.165) is 19.4 Å². The number of aromatic hydroxyl groups is 1. The van der Waals surface area contributed by atoms with E-state index in [2.05, 4.69) is 30.5 Å². The minimum atomic E-state index is -1.11. The number of phenolic OH excluding ortho intramolecular Hbond substituents is 1. The molecule has 0 amide bonds. The summed E-state index contributed by atoms with van der Waals surface area (Å²) in [6.45, 7) is 2.64. The first-order valence-electron chi connectivity index (χ1n) is 10.4. The Kier molecular flexibility index (Phi) is 5.09. The quantitative estimate of drug-likeness (QED) is 0.620. The van der Waals surface area contributed by atoms with E-state index in [1.54, 1.807) is 24.3 Å². The summed E-state index contributed by atoms with van der Waals surface area (Å²) >= 11 is 0. The number of aromatic nitrogens is 5. The maximum atomic E-state index is 14.9. The number of nitrogens with one attached hydrogen (secondary N) is 1. The van der Waals surface area contributed by atoms with Gasteiger partial charge in [-0.1, -0.05) is 6.07 Å². The second kappa shape index (κ2) is 7.94. The Labute approximate surface area is 184 Å². The van der Waals surface area contributed by atoms with Crippen molar-refractivity contribution in [3.63, 3.8) is 0 Å². The van der Waals surface area contributed by atoms with Crippen molar-refractivity contribution in [2.24, 2.45) is 5.92 Å². The van der Waals surface area contributed by atoms with Crippen molar-refractivity contribution in [3.8, 4) is 40.3 Å². The van der Waals surface area contributed by atoms with Crippen LogP contribution in [0.4, 0.5) is 4.39 Å². The van der Waals surface area contributed by atoms with Crippen LogP contribution in [-0.2, 0) is 0 Å². The average molecular weight is 438 g/mol. The molecule has 0 radical (unpaired) electrons. The van der Waals surface area contributed by atoms with E-state index in [1.165, 1.54) is 19.5 Å². The Morgan fingerprint density at radius 1 is 1.19 bits per heavy atom. The number of fused-ring (bicyclic) bond motifs is 3. The van der Waals surface area contributed by atoms with Gasteiger partial charge in [0.25, 0.3) is 0 Å². The van der Waals surface area contributed by atoms with E-state index in [9.17, 15) is 9.50 Å². The van der Waals surface area contributed by atoms with Crippen molar-refractivity contribution in [2.75, 3.05) is 13.7 Å². The molecule has 2 saturated heterocycles. The molecule has 32 heavy (non-hydrogen) atoms. The third kappa shape index (κ3) is 3.60. The Hall–Kier alpha value is -3.40. The maximum Gasteiger partial charge on any atom is 0.319 e. The molecule has 4 heterocycles. The van der Waals surface area contributed by atoms with E-state index in [-0.39, 0.29) is 23.6 Å². The number of ether oxygens (including phenoxy) is 2. The fourth-order valence-corrected chi connectivity index (χ4v) is 4.39. The molecule has 1 aromatic carbocycles. The van der Waals surface area contributed by atoms with Crippen LogP contribution in [0.3, 0.4) is 0 Å². The molecule has 1 aliphatic carbocycles. The second-order valence-electron chi connectivity index (χ2n) is 8.37. The number of piperidine rings is 2. The lowest BCUT2D eigenvalue weighted by Crippen LogP contribution is -2.68. The molecule has 1 saturated carbocycles. The lowest BCUT2D eigenvalue weighted by molar-refractivity contribution is -0.0729. The van der Waals surface area contributed by atoms with Crippen molar-refractivity contribution in [1.29, 1.82) is 0 Å². The first-order chi connectivity index (χ1) is 15.5. The fraction of sp³-hybridized carbons (Fsp3) is 0.409. The summed E-state index contributed by atoms with van der Waals surface area (Å²) in [6, 6.07) is 8.53. The highest BCUT2D eigenvalue weighted by Crippen LogP contribution is 2.40. The van der Waals surface area contributed by atoms with Gasteiger partial charge in [0.1, 0.15) is 18.2 Å². The van der Waals surface area contributed by atoms with E-state index in [1.807, 2.05) is 6.92 Å². The van der Waals surface area contributed by atoms with Crippen molar-refractivity contribution in [1.82, 2.24) is 30.5 Å². The first-order valence-corrected chi connectivity index (χ1v) is 10.4. The summed E-state index contributed by atoms with van der Waals surface area (Å²) < 4.78 is 25.9. The van der Waals surface area contributed by atoms with Crippen LogP contribution < -0.4 is 14.8 Å². The number of hydrogen-bond acceptors (Lipinski definition) is 9. The van der Waals surface area contributed by atoms with Gasteiger partial charge in [0.05, 0.1) is 18.3 Å². The van der Waals surface area contributed by atoms with Gasteiger partial charge in [0.15, 0.2) is 12.0 Å². The molecule has 2 bridgehead atoms. The summed E-state index contributed by atoms with van der Waals surface area (Å²) in [5, 5.41) is 22.1. The lowest BCUT2D eigenvalue weighted by Gasteiger charge is -2.51. The Morgan fingerprint density at radius 2 is 2.06 bits per heavy atom. The molecule has 2 aliphatic heterocycles.